The third kappa shape index (κ3) is 3.90. The molecule has 2 nitrogen and oxygen atoms in total. The van der Waals surface area contributed by atoms with E-state index in [2.05, 4.69) is 29.6 Å². The van der Waals surface area contributed by atoms with Gasteiger partial charge in [0, 0.05) is 12.6 Å². The summed E-state index contributed by atoms with van der Waals surface area (Å²) < 4.78 is 5.43. The van der Waals surface area contributed by atoms with E-state index in [0.717, 1.165) is 25.3 Å². The standard InChI is InChI=1S/C15H21NO/c1-2-17-15-10-8-13(9-11-15)12-16-14-6-4-3-5-7-14/h3-4,8-11,14,16H,2,5-7,12H2,1H3. The fourth-order valence-electron chi connectivity index (χ4n) is 2.11. The molecule has 2 heteroatoms. The van der Waals surface area contributed by atoms with E-state index in [-0.39, 0.29) is 0 Å². The molecule has 92 valence electrons. The minimum absolute atomic E-state index is 0.645. The van der Waals surface area contributed by atoms with Gasteiger partial charge in [-0.05, 0) is 43.9 Å². The van der Waals surface area contributed by atoms with Crippen molar-refractivity contribution in [3.05, 3.63) is 42.0 Å². The zero-order valence-corrected chi connectivity index (χ0v) is 10.5. The molecule has 1 aliphatic rings. The van der Waals surface area contributed by atoms with Crippen LogP contribution in [0.3, 0.4) is 0 Å². The Bertz CT molecular complexity index is 356. The van der Waals surface area contributed by atoms with Gasteiger partial charge in [0.1, 0.15) is 5.75 Å². The Morgan fingerprint density at radius 1 is 1.24 bits per heavy atom. The molecule has 0 fully saturated rings. The Hall–Kier alpha value is -1.28. The third-order valence-electron chi connectivity index (χ3n) is 3.10. The van der Waals surface area contributed by atoms with Gasteiger partial charge >= 0.3 is 0 Å². The van der Waals surface area contributed by atoms with Gasteiger partial charge in [0.15, 0.2) is 0 Å². The highest BCUT2D eigenvalue weighted by Crippen LogP contribution is 2.14. The van der Waals surface area contributed by atoms with Crippen molar-refractivity contribution >= 4 is 0 Å². The molecule has 0 radical (unpaired) electrons. The largest absolute Gasteiger partial charge is 0.494 e. The molecular formula is C15H21NO. The Morgan fingerprint density at radius 2 is 2.06 bits per heavy atom. The molecule has 17 heavy (non-hydrogen) atoms. The van der Waals surface area contributed by atoms with Gasteiger partial charge in [-0.15, -0.1) is 0 Å². The summed E-state index contributed by atoms with van der Waals surface area (Å²) in [5, 5.41) is 3.60. The van der Waals surface area contributed by atoms with Crippen LogP contribution in [0.1, 0.15) is 31.7 Å². The lowest BCUT2D eigenvalue weighted by Gasteiger charge is -2.19. The molecule has 0 bridgehead atoms. The fraction of sp³-hybridized carbons (Fsp3) is 0.467. The van der Waals surface area contributed by atoms with Crippen LogP contribution in [0.15, 0.2) is 36.4 Å². The van der Waals surface area contributed by atoms with Crippen LogP contribution in [0, 0.1) is 0 Å². The molecule has 1 aromatic rings. The van der Waals surface area contributed by atoms with Gasteiger partial charge in [0.2, 0.25) is 0 Å². The number of benzene rings is 1. The second-order valence-electron chi connectivity index (χ2n) is 4.44. The van der Waals surface area contributed by atoms with Crippen molar-refractivity contribution in [2.45, 2.75) is 38.8 Å². The van der Waals surface area contributed by atoms with Gasteiger partial charge in [-0.2, -0.15) is 0 Å². The summed E-state index contributed by atoms with van der Waals surface area (Å²) in [6.45, 7) is 3.68. The molecule has 2 rings (SSSR count). The predicted molar refractivity (Wildman–Crippen MR) is 71.2 cm³/mol. The first-order valence-electron chi connectivity index (χ1n) is 6.48. The van der Waals surface area contributed by atoms with E-state index in [1.54, 1.807) is 0 Å². The van der Waals surface area contributed by atoms with E-state index in [9.17, 15) is 0 Å². The second kappa shape index (κ2) is 6.45. The minimum atomic E-state index is 0.645. The second-order valence-corrected chi connectivity index (χ2v) is 4.44. The van der Waals surface area contributed by atoms with Crippen LogP contribution < -0.4 is 10.1 Å². The van der Waals surface area contributed by atoms with Crippen molar-refractivity contribution in [1.82, 2.24) is 5.32 Å². The molecule has 0 heterocycles. The highest BCUT2D eigenvalue weighted by Gasteiger charge is 2.08. The highest BCUT2D eigenvalue weighted by molar-refractivity contribution is 5.27. The number of hydrogen-bond acceptors (Lipinski definition) is 2. The average molecular weight is 231 g/mol. The maximum atomic E-state index is 5.43. The number of nitrogens with one attached hydrogen (secondary N) is 1. The SMILES string of the molecule is CCOc1ccc(CNC2CC=CCC2)cc1. The van der Waals surface area contributed by atoms with Crippen LogP contribution in [0.4, 0.5) is 0 Å². The van der Waals surface area contributed by atoms with Gasteiger partial charge in [-0.25, -0.2) is 0 Å². The van der Waals surface area contributed by atoms with E-state index < -0.39 is 0 Å². The van der Waals surface area contributed by atoms with Crippen LogP contribution in [-0.4, -0.2) is 12.6 Å². The normalized spacial score (nSPS) is 19.2. The summed E-state index contributed by atoms with van der Waals surface area (Å²) in [4.78, 5) is 0. The van der Waals surface area contributed by atoms with E-state index in [4.69, 9.17) is 4.74 Å². The van der Waals surface area contributed by atoms with Crippen molar-refractivity contribution < 1.29 is 4.74 Å². The van der Waals surface area contributed by atoms with Crippen LogP contribution in [0.5, 0.6) is 5.75 Å². The molecule has 0 saturated heterocycles. The summed E-state index contributed by atoms with van der Waals surface area (Å²) in [5.41, 5.74) is 1.32. The molecule has 1 atom stereocenters. The lowest BCUT2D eigenvalue weighted by Crippen LogP contribution is -2.29. The van der Waals surface area contributed by atoms with Gasteiger partial charge < -0.3 is 10.1 Å². The average Bonchev–Trinajstić information content (AvgIpc) is 2.40. The van der Waals surface area contributed by atoms with Crippen LogP contribution in [0.25, 0.3) is 0 Å². The van der Waals surface area contributed by atoms with E-state index in [1.807, 2.05) is 19.1 Å². The Morgan fingerprint density at radius 3 is 2.71 bits per heavy atom. The predicted octanol–water partition coefficient (Wildman–Crippen LogP) is 3.28. The van der Waals surface area contributed by atoms with Gasteiger partial charge in [0.05, 0.1) is 6.61 Å². The van der Waals surface area contributed by atoms with Crippen molar-refractivity contribution in [1.29, 1.82) is 0 Å². The molecule has 0 amide bonds. The van der Waals surface area contributed by atoms with E-state index in [0.29, 0.717) is 6.04 Å². The van der Waals surface area contributed by atoms with E-state index in [1.165, 1.54) is 18.4 Å². The summed E-state index contributed by atoms with van der Waals surface area (Å²) in [7, 11) is 0. The molecular weight excluding hydrogens is 210 g/mol. The number of rotatable bonds is 5. The topological polar surface area (TPSA) is 21.3 Å². The lowest BCUT2D eigenvalue weighted by molar-refractivity contribution is 0.340. The Balaban J connectivity index is 1.80. The third-order valence-corrected chi connectivity index (χ3v) is 3.10. The van der Waals surface area contributed by atoms with Crippen LogP contribution >= 0.6 is 0 Å². The molecule has 0 spiro atoms. The quantitative estimate of drug-likeness (QED) is 0.785. The van der Waals surface area contributed by atoms with Gasteiger partial charge in [-0.3, -0.25) is 0 Å². The zero-order valence-electron chi connectivity index (χ0n) is 10.5. The van der Waals surface area contributed by atoms with Crippen LogP contribution in [0.2, 0.25) is 0 Å². The maximum Gasteiger partial charge on any atom is 0.119 e. The van der Waals surface area contributed by atoms with Crippen molar-refractivity contribution in [3.8, 4) is 5.75 Å². The molecule has 0 aromatic heterocycles. The Labute approximate surface area is 104 Å². The minimum Gasteiger partial charge on any atom is -0.494 e. The molecule has 1 aromatic carbocycles. The summed E-state index contributed by atoms with van der Waals surface area (Å²) in [5.74, 6) is 0.955. The zero-order chi connectivity index (χ0) is 11.9. The molecule has 0 aliphatic heterocycles. The smallest absolute Gasteiger partial charge is 0.119 e. The number of hydrogen-bond donors (Lipinski definition) is 1. The van der Waals surface area contributed by atoms with Crippen molar-refractivity contribution in [2.75, 3.05) is 6.61 Å². The molecule has 1 aliphatic carbocycles. The first-order chi connectivity index (χ1) is 8.38. The fourth-order valence-corrected chi connectivity index (χ4v) is 2.11. The number of allylic oxidation sites excluding steroid dienone is 1. The van der Waals surface area contributed by atoms with Gasteiger partial charge in [0.25, 0.3) is 0 Å². The summed E-state index contributed by atoms with van der Waals surface area (Å²) in [6, 6.07) is 9.00. The first kappa shape index (κ1) is 12.2. The monoisotopic (exact) mass is 231 g/mol. The van der Waals surface area contributed by atoms with Crippen molar-refractivity contribution in [2.24, 2.45) is 0 Å². The number of ether oxygens (including phenoxy) is 1. The van der Waals surface area contributed by atoms with Crippen molar-refractivity contribution in [3.63, 3.8) is 0 Å². The molecule has 1 unspecified atom stereocenters. The summed E-state index contributed by atoms with van der Waals surface area (Å²) >= 11 is 0. The maximum absolute atomic E-state index is 5.43. The van der Waals surface area contributed by atoms with E-state index >= 15 is 0 Å². The lowest BCUT2D eigenvalue weighted by atomic mass is 10.0. The molecule has 1 N–H and O–H groups in total. The Kier molecular flexibility index (Phi) is 4.63. The highest BCUT2D eigenvalue weighted by atomic mass is 16.5. The van der Waals surface area contributed by atoms with Gasteiger partial charge in [-0.1, -0.05) is 24.3 Å². The molecule has 0 saturated carbocycles. The first-order valence-corrected chi connectivity index (χ1v) is 6.48. The van der Waals surface area contributed by atoms with Crippen LogP contribution in [-0.2, 0) is 6.54 Å². The summed E-state index contributed by atoms with van der Waals surface area (Å²) in [6.07, 6.45) is 8.18.